The zero-order chi connectivity index (χ0) is 8.65. The van der Waals surface area contributed by atoms with Gasteiger partial charge < -0.3 is 5.32 Å². The molecular weight excluding hydrogens is 146 g/mol. The molecule has 0 aromatic carbocycles. The minimum Gasteiger partial charge on any atom is -0.314 e. The largest absolute Gasteiger partial charge is 0.314 e. The normalized spacial score (nSPS) is 24.2. The monoisotopic (exact) mass is 169 g/mol. The second kappa shape index (κ2) is 6.47. The molecule has 1 nitrogen and oxygen atoms in total. The molecule has 0 aliphatic carbocycles. The molecule has 0 amide bonds. The van der Waals surface area contributed by atoms with Gasteiger partial charge in [-0.05, 0) is 25.8 Å². The van der Waals surface area contributed by atoms with Crippen LogP contribution in [-0.2, 0) is 0 Å². The van der Waals surface area contributed by atoms with Crippen molar-refractivity contribution >= 4 is 0 Å². The van der Waals surface area contributed by atoms with E-state index in [-0.39, 0.29) is 0 Å². The van der Waals surface area contributed by atoms with E-state index in [2.05, 4.69) is 12.2 Å². The quantitative estimate of drug-likeness (QED) is 0.624. The fourth-order valence-corrected chi connectivity index (χ4v) is 1.99. The van der Waals surface area contributed by atoms with Crippen molar-refractivity contribution in [1.29, 1.82) is 0 Å². The van der Waals surface area contributed by atoms with Crippen LogP contribution in [0.15, 0.2) is 0 Å². The third kappa shape index (κ3) is 4.10. The smallest absolute Gasteiger partial charge is 0.00670 e. The maximum atomic E-state index is 3.60. The van der Waals surface area contributed by atoms with Gasteiger partial charge in [0.25, 0.3) is 0 Å². The molecule has 1 saturated heterocycles. The molecule has 1 aliphatic rings. The van der Waals surface area contributed by atoms with E-state index in [1.807, 2.05) is 0 Å². The van der Waals surface area contributed by atoms with Gasteiger partial charge in [-0.1, -0.05) is 39.0 Å². The highest BCUT2D eigenvalue weighted by molar-refractivity contribution is 4.71. The van der Waals surface area contributed by atoms with E-state index in [0.717, 1.165) is 6.04 Å². The SMILES string of the molecule is CCCCCC[C@H]1CCCCN1. The van der Waals surface area contributed by atoms with E-state index in [9.17, 15) is 0 Å². The van der Waals surface area contributed by atoms with Gasteiger partial charge in [0.1, 0.15) is 0 Å². The number of piperidine rings is 1. The Morgan fingerprint density at radius 1 is 1.17 bits per heavy atom. The van der Waals surface area contributed by atoms with Gasteiger partial charge >= 0.3 is 0 Å². The van der Waals surface area contributed by atoms with Crippen LogP contribution in [0.3, 0.4) is 0 Å². The first-order chi connectivity index (χ1) is 5.93. The summed E-state index contributed by atoms with van der Waals surface area (Å²) in [6.07, 6.45) is 11.3. The molecule has 1 heteroatoms. The minimum atomic E-state index is 0.857. The van der Waals surface area contributed by atoms with Gasteiger partial charge in [0.2, 0.25) is 0 Å². The molecule has 0 spiro atoms. The lowest BCUT2D eigenvalue weighted by Crippen LogP contribution is -2.33. The van der Waals surface area contributed by atoms with Gasteiger partial charge in [-0.2, -0.15) is 0 Å². The highest BCUT2D eigenvalue weighted by Crippen LogP contribution is 2.13. The topological polar surface area (TPSA) is 12.0 Å². The third-order valence-electron chi connectivity index (χ3n) is 2.82. The summed E-state index contributed by atoms with van der Waals surface area (Å²) in [4.78, 5) is 0. The molecular formula is C11H23N. The van der Waals surface area contributed by atoms with Crippen LogP contribution in [0, 0.1) is 0 Å². The summed E-state index contributed by atoms with van der Waals surface area (Å²) in [5, 5.41) is 3.60. The number of hydrogen-bond donors (Lipinski definition) is 1. The average molecular weight is 169 g/mol. The first-order valence-electron chi connectivity index (χ1n) is 5.67. The molecule has 12 heavy (non-hydrogen) atoms. The Kier molecular flexibility index (Phi) is 5.42. The van der Waals surface area contributed by atoms with Crippen molar-refractivity contribution in [2.24, 2.45) is 0 Å². The molecule has 0 aromatic heterocycles. The van der Waals surface area contributed by atoms with Crippen LogP contribution in [-0.4, -0.2) is 12.6 Å². The zero-order valence-corrected chi connectivity index (χ0v) is 8.44. The third-order valence-corrected chi connectivity index (χ3v) is 2.82. The lowest BCUT2D eigenvalue weighted by Gasteiger charge is -2.23. The zero-order valence-electron chi connectivity index (χ0n) is 8.44. The summed E-state index contributed by atoms with van der Waals surface area (Å²) >= 11 is 0. The molecule has 1 aliphatic heterocycles. The van der Waals surface area contributed by atoms with Gasteiger partial charge in [-0.25, -0.2) is 0 Å². The molecule has 0 bridgehead atoms. The molecule has 1 fully saturated rings. The molecule has 0 unspecified atom stereocenters. The molecule has 0 radical (unpaired) electrons. The van der Waals surface area contributed by atoms with E-state index in [0.29, 0.717) is 0 Å². The van der Waals surface area contributed by atoms with Crippen LogP contribution < -0.4 is 5.32 Å². The van der Waals surface area contributed by atoms with E-state index >= 15 is 0 Å². The number of rotatable bonds is 5. The molecule has 72 valence electrons. The van der Waals surface area contributed by atoms with E-state index in [1.54, 1.807) is 0 Å². The van der Waals surface area contributed by atoms with Crippen molar-refractivity contribution in [2.75, 3.05) is 6.54 Å². The molecule has 1 N–H and O–H groups in total. The van der Waals surface area contributed by atoms with Gasteiger partial charge in [0, 0.05) is 6.04 Å². The van der Waals surface area contributed by atoms with Crippen molar-refractivity contribution < 1.29 is 0 Å². The standard InChI is InChI=1S/C11H23N/c1-2-3-4-5-8-11-9-6-7-10-12-11/h11-12H,2-10H2,1H3/t11-/m0/s1. The van der Waals surface area contributed by atoms with Gasteiger partial charge in [-0.15, -0.1) is 0 Å². The summed E-state index contributed by atoms with van der Waals surface area (Å²) in [6, 6.07) is 0.857. The highest BCUT2D eigenvalue weighted by atomic mass is 14.9. The number of nitrogens with one attached hydrogen (secondary N) is 1. The van der Waals surface area contributed by atoms with Crippen molar-refractivity contribution in [3.05, 3.63) is 0 Å². The number of hydrogen-bond acceptors (Lipinski definition) is 1. The maximum Gasteiger partial charge on any atom is 0.00670 e. The highest BCUT2D eigenvalue weighted by Gasteiger charge is 2.10. The van der Waals surface area contributed by atoms with Crippen molar-refractivity contribution in [3.8, 4) is 0 Å². The Bertz CT molecular complexity index is 95.2. The fourth-order valence-electron chi connectivity index (χ4n) is 1.99. The first-order valence-corrected chi connectivity index (χ1v) is 5.67. The van der Waals surface area contributed by atoms with Crippen molar-refractivity contribution in [3.63, 3.8) is 0 Å². The molecule has 1 atom stereocenters. The van der Waals surface area contributed by atoms with Crippen LogP contribution >= 0.6 is 0 Å². The minimum absolute atomic E-state index is 0.857. The van der Waals surface area contributed by atoms with Crippen LogP contribution in [0.5, 0.6) is 0 Å². The molecule has 0 aromatic rings. The van der Waals surface area contributed by atoms with Crippen LogP contribution in [0.4, 0.5) is 0 Å². The maximum absolute atomic E-state index is 3.60. The predicted molar refractivity (Wildman–Crippen MR) is 54.4 cm³/mol. The summed E-state index contributed by atoms with van der Waals surface area (Å²) in [5.74, 6) is 0. The van der Waals surface area contributed by atoms with Gasteiger partial charge in [0.15, 0.2) is 0 Å². The Morgan fingerprint density at radius 3 is 2.75 bits per heavy atom. The summed E-state index contributed by atoms with van der Waals surface area (Å²) in [5.41, 5.74) is 0. The first kappa shape index (κ1) is 10.0. The predicted octanol–water partition coefficient (Wildman–Crippen LogP) is 3.10. The Morgan fingerprint density at radius 2 is 2.08 bits per heavy atom. The Hall–Kier alpha value is -0.0400. The Labute approximate surface area is 76.9 Å². The fraction of sp³-hybridized carbons (Fsp3) is 1.00. The summed E-state index contributed by atoms with van der Waals surface area (Å²) in [7, 11) is 0. The van der Waals surface area contributed by atoms with Crippen molar-refractivity contribution in [1.82, 2.24) is 5.32 Å². The van der Waals surface area contributed by atoms with E-state index < -0.39 is 0 Å². The lowest BCUT2D eigenvalue weighted by atomic mass is 9.99. The van der Waals surface area contributed by atoms with E-state index in [1.165, 1.54) is 57.9 Å². The second-order valence-electron chi connectivity index (χ2n) is 4.00. The summed E-state index contributed by atoms with van der Waals surface area (Å²) in [6.45, 7) is 3.54. The molecule has 1 rings (SSSR count). The van der Waals surface area contributed by atoms with Crippen LogP contribution in [0.25, 0.3) is 0 Å². The second-order valence-corrected chi connectivity index (χ2v) is 4.00. The lowest BCUT2D eigenvalue weighted by molar-refractivity contribution is 0.371. The van der Waals surface area contributed by atoms with E-state index in [4.69, 9.17) is 0 Å². The Balaban J connectivity index is 1.91. The van der Waals surface area contributed by atoms with Gasteiger partial charge in [-0.3, -0.25) is 0 Å². The average Bonchev–Trinajstić information content (AvgIpc) is 2.14. The summed E-state index contributed by atoms with van der Waals surface area (Å²) < 4.78 is 0. The number of unbranched alkanes of at least 4 members (excludes halogenated alkanes) is 3. The van der Waals surface area contributed by atoms with Gasteiger partial charge in [0.05, 0.1) is 0 Å². The molecule has 0 saturated carbocycles. The van der Waals surface area contributed by atoms with Crippen molar-refractivity contribution in [2.45, 2.75) is 64.3 Å². The molecule has 1 heterocycles. The van der Waals surface area contributed by atoms with Crippen LogP contribution in [0.2, 0.25) is 0 Å². The van der Waals surface area contributed by atoms with Crippen LogP contribution in [0.1, 0.15) is 58.3 Å².